The van der Waals surface area contributed by atoms with Crippen LogP contribution in [-0.2, 0) is 0 Å². The fourth-order valence-corrected chi connectivity index (χ4v) is 10.6. The first-order valence-electron chi connectivity index (χ1n) is 12.9. The number of thiol groups is 1. The van der Waals surface area contributed by atoms with Crippen molar-refractivity contribution < 1.29 is 9.90 Å². The van der Waals surface area contributed by atoms with Gasteiger partial charge in [-0.05, 0) is 0 Å². The van der Waals surface area contributed by atoms with E-state index in [0.29, 0.717) is 0 Å². The second kappa shape index (κ2) is 37.7. The first kappa shape index (κ1) is 36.0. The molecule has 0 amide bonds. The van der Waals surface area contributed by atoms with E-state index >= 15 is 0 Å². The van der Waals surface area contributed by atoms with Crippen molar-refractivity contribution in [3.8, 4) is 0 Å². The van der Waals surface area contributed by atoms with Gasteiger partial charge in [0.05, 0.1) is 0 Å². The summed E-state index contributed by atoms with van der Waals surface area (Å²) in [6.07, 6.45) is 23.7. The zero-order chi connectivity index (χ0) is 23.1. The van der Waals surface area contributed by atoms with Gasteiger partial charge < -0.3 is 5.11 Å². The molecule has 0 heterocycles. The second-order valence-electron chi connectivity index (χ2n) is 8.03. The van der Waals surface area contributed by atoms with Crippen LogP contribution in [0.4, 0.5) is 4.79 Å². The summed E-state index contributed by atoms with van der Waals surface area (Å²) in [5.41, 5.74) is 0. The van der Waals surface area contributed by atoms with Crippen LogP contribution < -0.4 is 0 Å². The molecule has 0 aromatic carbocycles. The van der Waals surface area contributed by atoms with E-state index < -0.39 is 5.30 Å². The standard InChI is InChI=1S/2C8H17.2C4H9.CH2O2S.2Sn/c2*1-3-5-7-8-6-4-2;2*1-3-4-2;2-1(3)4;;/h2*1,3-8H2,2H3;2*1,3-4H2,2H3;4H,(H,2,3);;. The summed E-state index contributed by atoms with van der Waals surface area (Å²) in [6.45, 7) is 9.18. The quantitative estimate of drug-likeness (QED) is 0.0778. The van der Waals surface area contributed by atoms with Gasteiger partial charge in [-0.2, -0.15) is 0 Å². The van der Waals surface area contributed by atoms with Crippen molar-refractivity contribution in [3.05, 3.63) is 0 Å². The van der Waals surface area contributed by atoms with E-state index in [1.165, 1.54) is 89.9 Å². The zero-order valence-electron chi connectivity index (χ0n) is 20.9. The van der Waals surface area contributed by atoms with Gasteiger partial charge in [0.2, 0.25) is 0 Å². The minimum Gasteiger partial charge on any atom is -0.473 e. The zero-order valence-corrected chi connectivity index (χ0v) is 27.5. The van der Waals surface area contributed by atoms with Gasteiger partial charge in [-0.1, -0.05) is 12.6 Å². The number of hydrogen-bond acceptors (Lipinski definition) is 1. The topological polar surface area (TPSA) is 37.3 Å². The molecule has 0 bridgehead atoms. The Balaban J connectivity index is -0.000000466. The van der Waals surface area contributed by atoms with Gasteiger partial charge in [-0.3, -0.25) is 0 Å². The van der Waals surface area contributed by atoms with Gasteiger partial charge in [-0.25, -0.2) is 4.79 Å². The Bertz CT molecular complexity index is 268. The number of unbranched alkanes of at least 4 members (excludes halogenated alkanes) is 12. The van der Waals surface area contributed by atoms with Crippen LogP contribution in [0.5, 0.6) is 0 Å². The van der Waals surface area contributed by atoms with Crippen molar-refractivity contribution >= 4 is 60.2 Å². The summed E-state index contributed by atoms with van der Waals surface area (Å²) in [5, 5.41) is 6.14. The van der Waals surface area contributed by atoms with E-state index in [2.05, 4.69) is 40.3 Å². The second-order valence-corrected chi connectivity index (χ2v) is 17.0. The molecule has 180 valence electrons. The molecule has 0 aliphatic carbocycles. The summed E-state index contributed by atoms with van der Waals surface area (Å²) < 4.78 is 6.56. The molecule has 2 nitrogen and oxygen atoms in total. The molecule has 0 unspecified atom stereocenters. The smallest absolute Gasteiger partial charge is 0.361 e. The van der Waals surface area contributed by atoms with E-state index in [1.54, 1.807) is 30.6 Å². The third-order valence-corrected chi connectivity index (χ3v) is 12.9. The first-order valence-corrected chi connectivity index (χ1v) is 21.4. The molecule has 0 aromatic heterocycles. The number of rotatable bonds is 20. The molecule has 0 aromatic rings. The van der Waals surface area contributed by atoms with Gasteiger partial charge in [0.1, 0.15) is 0 Å². The Morgan fingerprint density at radius 3 is 1.07 bits per heavy atom. The number of carboxylic acid groups (broad SMARTS) is 1. The molecule has 0 aliphatic rings. The van der Waals surface area contributed by atoms with Crippen LogP contribution in [0.25, 0.3) is 0 Å². The van der Waals surface area contributed by atoms with Crippen LogP contribution in [0.3, 0.4) is 0 Å². The predicted molar refractivity (Wildman–Crippen MR) is 144 cm³/mol. The van der Waals surface area contributed by atoms with E-state index in [0.717, 1.165) is 0 Å². The van der Waals surface area contributed by atoms with Gasteiger partial charge in [0.15, 0.2) is 0 Å². The Labute approximate surface area is 216 Å². The van der Waals surface area contributed by atoms with Crippen LogP contribution in [0, 0.1) is 0 Å². The van der Waals surface area contributed by atoms with Crippen molar-refractivity contribution in [3.63, 3.8) is 0 Å². The third-order valence-electron chi connectivity index (χ3n) is 4.83. The van der Waals surface area contributed by atoms with Crippen molar-refractivity contribution in [1.29, 1.82) is 0 Å². The molecule has 1 N–H and O–H groups in total. The molecule has 0 atom stereocenters. The van der Waals surface area contributed by atoms with Crippen molar-refractivity contribution in [2.24, 2.45) is 0 Å². The maximum Gasteiger partial charge on any atom is 0.361 e. The van der Waals surface area contributed by atoms with Gasteiger partial charge in [-0.15, -0.1) is 0 Å². The molecule has 4 radical (unpaired) electrons. The van der Waals surface area contributed by atoms with Gasteiger partial charge in [0, 0.05) is 0 Å². The summed E-state index contributed by atoms with van der Waals surface area (Å²) in [4.78, 5) is 8.86. The molecule has 0 saturated heterocycles. The van der Waals surface area contributed by atoms with E-state index in [-0.39, 0.29) is 42.3 Å². The maximum absolute atomic E-state index is 8.86. The molecule has 0 fully saturated rings. The molecular formula is C25H54O2SSn2. The van der Waals surface area contributed by atoms with Crippen LogP contribution in [0.1, 0.15) is 130 Å². The van der Waals surface area contributed by atoms with Crippen molar-refractivity contribution in [1.82, 2.24) is 0 Å². The Hall–Kier alpha value is 1.42. The fourth-order valence-electron chi connectivity index (χ4n) is 2.91. The third kappa shape index (κ3) is 51.8. The largest absolute Gasteiger partial charge is 0.473 e. The molecule has 5 heteroatoms. The summed E-state index contributed by atoms with van der Waals surface area (Å²) in [5.74, 6) is 0. The Morgan fingerprint density at radius 1 is 0.533 bits per heavy atom. The van der Waals surface area contributed by atoms with E-state index in [1.807, 2.05) is 0 Å². The predicted octanol–water partition coefficient (Wildman–Crippen LogP) is 9.97. The molecule has 0 aliphatic heterocycles. The summed E-state index contributed by atoms with van der Waals surface area (Å²) >= 11 is 3.11. The Morgan fingerprint density at radius 2 is 0.767 bits per heavy atom. The normalized spacial score (nSPS) is 10.0. The van der Waals surface area contributed by atoms with Gasteiger partial charge >= 0.3 is 196 Å². The van der Waals surface area contributed by atoms with Crippen LogP contribution in [0.15, 0.2) is 0 Å². The van der Waals surface area contributed by atoms with Crippen molar-refractivity contribution in [2.75, 3.05) is 0 Å². The van der Waals surface area contributed by atoms with E-state index in [4.69, 9.17) is 9.90 Å². The molecule has 0 saturated carbocycles. The molecule has 0 spiro atoms. The monoisotopic (exact) mass is 658 g/mol. The fraction of sp³-hybridized carbons (Fsp3) is 0.960. The van der Waals surface area contributed by atoms with Crippen LogP contribution in [-0.4, -0.2) is 52.7 Å². The van der Waals surface area contributed by atoms with Crippen LogP contribution >= 0.6 is 12.6 Å². The molecule has 0 rings (SSSR count). The minimum absolute atomic E-state index is 0.0736. The Kier molecular flexibility index (Phi) is 45.3. The number of carbonyl (C=O) groups is 1. The van der Waals surface area contributed by atoms with E-state index in [9.17, 15) is 0 Å². The molecule has 30 heavy (non-hydrogen) atoms. The van der Waals surface area contributed by atoms with Crippen LogP contribution in [0.2, 0.25) is 17.7 Å². The number of hydrogen-bond donors (Lipinski definition) is 2. The minimum atomic E-state index is -1.14. The SMILES string of the molecule is CCCCCCC[CH2][Sn][CH2]CCCCCCC.CCC[CH2][Sn][CH2]CCC.O=C(O)S. The van der Waals surface area contributed by atoms with Crippen molar-refractivity contribution in [2.45, 2.75) is 148 Å². The molecular weight excluding hydrogens is 602 g/mol. The summed E-state index contributed by atoms with van der Waals surface area (Å²) in [6, 6.07) is 0. The van der Waals surface area contributed by atoms with Gasteiger partial charge in [0.25, 0.3) is 0 Å². The first-order chi connectivity index (χ1) is 14.6. The summed E-state index contributed by atoms with van der Waals surface area (Å²) in [7, 11) is 0. The maximum atomic E-state index is 8.86. The average molecular weight is 656 g/mol. The average Bonchev–Trinajstić information content (AvgIpc) is 2.71.